The Balaban J connectivity index is 2.10. The zero-order chi connectivity index (χ0) is 21.8. The molecule has 0 saturated carbocycles. The molecule has 30 heavy (non-hydrogen) atoms. The highest BCUT2D eigenvalue weighted by Gasteiger charge is 2.22. The van der Waals surface area contributed by atoms with E-state index in [1.165, 1.54) is 31.5 Å². The molecule has 154 valence electrons. The molecule has 0 bridgehead atoms. The first-order valence-corrected chi connectivity index (χ1v) is 9.48. The second-order valence-electron chi connectivity index (χ2n) is 6.11. The number of nitro groups is 1. The van der Waals surface area contributed by atoms with Gasteiger partial charge in [-0.05, 0) is 31.2 Å². The lowest BCUT2D eigenvalue weighted by Crippen LogP contribution is -2.20. The van der Waals surface area contributed by atoms with Crippen molar-refractivity contribution in [1.82, 2.24) is 9.66 Å². The van der Waals surface area contributed by atoms with Crippen molar-refractivity contribution in [2.24, 2.45) is 5.10 Å². The zero-order valence-electron chi connectivity index (χ0n) is 16.2. The third kappa shape index (κ3) is 4.23. The normalized spacial score (nSPS) is 11.0. The van der Waals surface area contributed by atoms with Gasteiger partial charge < -0.3 is 9.47 Å². The van der Waals surface area contributed by atoms with Crippen LogP contribution in [0.4, 0.5) is 5.69 Å². The monoisotopic (exact) mass is 472 g/mol. The molecule has 0 aliphatic carbocycles. The second kappa shape index (κ2) is 8.87. The third-order valence-electron chi connectivity index (χ3n) is 4.11. The van der Waals surface area contributed by atoms with Crippen LogP contribution in [0.15, 0.2) is 57.4 Å². The van der Waals surface area contributed by atoms with Crippen molar-refractivity contribution in [2.45, 2.75) is 6.92 Å². The first-order chi connectivity index (χ1) is 14.3. The molecule has 0 fully saturated rings. The SMILES string of the molecule is C=CCOc1c(OC)cc(C=Nn2c(C)nc3ccc(Br)cc3c2=O)cc1[N+](=O)[O-]. The van der Waals surface area contributed by atoms with E-state index in [1.54, 1.807) is 25.1 Å². The highest BCUT2D eigenvalue weighted by atomic mass is 79.9. The summed E-state index contributed by atoms with van der Waals surface area (Å²) in [7, 11) is 1.38. The molecule has 0 aliphatic rings. The smallest absolute Gasteiger partial charge is 0.315 e. The number of methoxy groups -OCH3 is 1. The van der Waals surface area contributed by atoms with E-state index >= 15 is 0 Å². The molecule has 0 atom stereocenters. The maximum absolute atomic E-state index is 12.8. The van der Waals surface area contributed by atoms with Gasteiger partial charge in [-0.1, -0.05) is 28.6 Å². The lowest BCUT2D eigenvalue weighted by atomic mass is 10.2. The highest BCUT2D eigenvalue weighted by Crippen LogP contribution is 2.38. The average Bonchev–Trinajstić information content (AvgIpc) is 2.72. The molecule has 0 saturated heterocycles. The molecule has 0 radical (unpaired) electrons. The number of nitrogens with zero attached hydrogens (tertiary/aromatic N) is 4. The predicted molar refractivity (Wildman–Crippen MR) is 117 cm³/mol. The molecular weight excluding hydrogens is 456 g/mol. The van der Waals surface area contributed by atoms with Crippen molar-refractivity contribution in [3.8, 4) is 11.5 Å². The number of nitro benzene ring substituents is 1. The van der Waals surface area contributed by atoms with Gasteiger partial charge in [0.1, 0.15) is 12.4 Å². The van der Waals surface area contributed by atoms with Crippen LogP contribution < -0.4 is 15.0 Å². The molecular formula is C20H17BrN4O5. The Morgan fingerprint density at radius 3 is 2.80 bits per heavy atom. The maximum Gasteiger partial charge on any atom is 0.315 e. The summed E-state index contributed by atoms with van der Waals surface area (Å²) in [5, 5.41) is 16.1. The van der Waals surface area contributed by atoms with Gasteiger partial charge >= 0.3 is 5.69 Å². The third-order valence-corrected chi connectivity index (χ3v) is 4.61. The molecule has 1 aromatic heterocycles. The number of fused-ring (bicyclic) bond motifs is 1. The van der Waals surface area contributed by atoms with E-state index in [-0.39, 0.29) is 29.4 Å². The Morgan fingerprint density at radius 1 is 1.37 bits per heavy atom. The predicted octanol–water partition coefficient (Wildman–Crippen LogP) is 3.83. The Hall–Kier alpha value is -3.53. The van der Waals surface area contributed by atoms with Gasteiger partial charge in [-0.15, -0.1) is 0 Å². The van der Waals surface area contributed by atoms with E-state index in [0.717, 1.165) is 9.15 Å². The summed E-state index contributed by atoms with van der Waals surface area (Å²) in [5.41, 5.74) is 0.253. The van der Waals surface area contributed by atoms with Crippen LogP contribution >= 0.6 is 15.9 Å². The van der Waals surface area contributed by atoms with Crippen molar-refractivity contribution in [3.63, 3.8) is 0 Å². The lowest BCUT2D eigenvalue weighted by molar-refractivity contribution is -0.385. The fourth-order valence-electron chi connectivity index (χ4n) is 2.78. The molecule has 0 amide bonds. The zero-order valence-corrected chi connectivity index (χ0v) is 17.7. The van der Waals surface area contributed by atoms with Crippen LogP contribution in [0.2, 0.25) is 0 Å². The quantitative estimate of drug-likeness (QED) is 0.223. The number of rotatable bonds is 7. The average molecular weight is 473 g/mol. The Bertz CT molecular complexity index is 1240. The van der Waals surface area contributed by atoms with Crippen molar-refractivity contribution >= 4 is 38.7 Å². The van der Waals surface area contributed by atoms with Gasteiger partial charge in [-0.2, -0.15) is 9.78 Å². The number of hydrogen-bond donors (Lipinski definition) is 0. The van der Waals surface area contributed by atoms with Crippen LogP contribution in [0.1, 0.15) is 11.4 Å². The second-order valence-corrected chi connectivity index (χ2v) is 7.03. The molecule has 3 rings (SSSR count). The summed E-state index contributed by atoms with van der Waals surface area (Å²) in [5.74, 6) is 0.528. The number of ether oxygens (including phenoxy) is 2. The molecule has 9 nitrogen and oxygen atoms in total. The topological polar surface area (TPSA) is 109 Å². The van der Waals surface area contributed by atoms with Crippen molar-refractivity contribution in [3.05, 3.63) is 79.3 Å². The summed E-state index contributed by atoms with van der Waals surface area (Å²) in [6.45, 7) is 5.26. The maximum atomic E-state index is 12.8. The Kier molecular flexibility index (Phi) is 6.26. The van der Waals surface area contributed by atoms with Crippen LogP contribution in [-0.2, 0) is 0 Å². The summed E-state index contributed by atoms with van der Waals surface area (Å²) in [6, 6.07) is 8.01. The van der Waals surface area contributed by atoms with E-state index < -0.39 is 4.92 Å². The molecule has 3 aromatic rings. The molecule has 0 N–H and O–H groups in total. The summed E-state index contributed by atoms with van der Waals surface area (Å²) >= 11 is 3.34. The fraction of sp³-hybridized carbons (Fsp3) is 0.150. The highest BCUT2D eigenvalue weighted by molar-refractivity contribution is 9.10. The van der Waals surface area contributed by atoms with E-state index in [0.29, 0.717) is 22.3 Å². The van der Waals surface area contributed by atoms with Crippen LogP contribution in [0.25, 0.3) is 10.9 Å². The number of benzene rings is 2. The van der Waals surface area contributed by atoms with E-state index in [9.17, 15) is 14.9 Å². The fourth-order valence-corrected chi connectivity index (χ4v) is 3.14. The number of aromatic nitrogens is 2. The first kappa shape index (κ1) is 21.2. The van der Waals surface area contributed by atoms with Gasteiger partial charge in [0.25, 0.3) is 5.56 Å². The van der Waals surface area contributed by atoms with Crippen molar-refractivity contribution in [2.75, 3.05) is 13.7 Å². The summed E-state index contributed by atoms with van der Waals surface area (Å²) < 4.78 is 12.5. The van der Waals surface area contributed by atoms with Crippen LogP contribution in [0.3, 0.4) is 0 Å². The molecule has 1 heterocycles. The molecule has 0 unspecified atom stereocenters. The minimum atomic E-state index is -0.579. The first-order valence-electron chi connectivity index (χ1n) is 8.69. The number of halogens is 1. The van der Waals surface area contributed by atoms with E-state index in [4.69, 9.17) is 9.47 Å². The molecule has 0 spiro atoms. The standard InChI is InChI=1S/C20H17BrN4O5/c1-4-7-30-19-17(25(27)28)8-13(9-18(19)29-3)11-22-24-12(2)23-16-6-5-14(21)10-15(16)20(24)26/h4-6,8-11H,1,7H2,2-3H3. The van der Waals surface area contributed by atoms with Crippen LogP contribution in [0, 0.1) is 17.0 Å². The van der Waals surface area contributed by atoms with Gasteiger partial charge in [0.2, 0.25) is 5.75 Å². The molecule has 0 aliphatic heterocycles. The van der Waals surface area contributed by atoms with Crippen molar-refractivity contribution < 1.29 is 14.4 Å². The van der Waals surface area contributed by atoms with Gasteiger partial charge in [0.05, 0.1) is 29.2 Å². The minimum absolute atomic E-state index is 0.00915. The van der Waals surface area contributed by atoms with Gasteiger partial charge in [-0.25, -0.2) is 4.98 Å². The number of hydrogen-bond acceptors (Lipinski definition) is 7. The van der Waals surface area contributed by atoms with Crippen molar-refractivity contribution in [1.29, 1.82) is 0 Å². The summed E-state index contributed by atoms with van der Waals surface area (Å²) in [6.07, 6.45) is 2.80. The van der Waals surface area contributed by atoms with Gasteiger partial charge in [-0.3, -0.25) is 14.9 Å². The van der Waals surface area contributed by atoms with E-state index in [2.05, 4.69) is 32.6 Å². The van der Waals surface area contributed by atoms with Crippen LogP contribution in [-0.4, -0.2) is 34.5 Å². The van der Waals surface area contributed by atoms with E-state index in [1.807, 2.05) is 0 Å². The van der Waals surface area contributed by atoms with Gasteiger partial charge in [0.15, 0.2) is 5.75 Å². The molecule has 10 heteroatoms. The minimum Gasteiger partial charge on any atom is -0.493 e. The largest absolute Gasteiger partial charge is 0.493 e. The summed E-state index contributed by atoms with van der Waals surface area (Å²) in [4.78, 5) is 28.1. The Morgan fingerprint density at radius 2 is 2.13 bits per heavy atom. The van der Waals surface area contributed by atoms with Gasteiger partial charge in [0, 0.05) is 16.1 Å². The Labute approximate surface area is 179 Å². The lowest BCUT2D eigenvalue weighted by Gasteiger charge is -2.10. The number of aryl methyl sites for hydroxylation is 1. The van der Waals surface area contributed by atoms with Crippen LogP contribution in [0.5, 0.6) is 11.5 Å². The molecule has 2 aromatic carbocycles.